The number of fused-ring (bicyclic) bond motifs is 3. The van der Waals surface area contributed by atoms with E-state index in [1.165, 1.54) is 0 Å². The van der Waals surface area contributed by atoms with Crippen molar-refractivity contribution < 1.29 is 57.4 Å². The minimum atomic E-state index is -1.69. The minimum Gasteiger partial charge on any atom is -0.465 e. The van der Waals surface area contributed by atoms with Gasteiger partial charge in [0.25, 0.3) is 0 Å². The number of esters is 2. The maximum absolute atomic E-state index is 16.3. The molecule has 1 heterocycles. The van der Waals surface area contributed by atoms with E-state index >= 15 is 33.6 Å². The second-order valence-corrected chi connectivity index (χ2v) is 37.8. The molecule has 0 radical (unpaired) electrons. The molecule has 8 atom stereocenters. The molecule has 2 unspecified atom stereocenters. The van der Waals surface area contributed by atoms with Crippen LogP contribution in [0.25, 0.3) is 11.1 Å². The summed E-state index contributed by atoms with van der Waals surface area (Å²) < 4.78 is 21.6. The summed E-state index contributed by atoms with van der Waals surface area (Å²) in [5.41, 5.74) is 7.62. The molecule has 0 saturated heterocycles. The van der Waals surface area contributed by atoms with Crippen LogP contribution in [0.4, 0.5) is 0 Å². The highest BCUT2D eigenvalue weighted by atomic mass is 35.5. The number of Topliss-reactive ketones (excluding diaryl/α,β-unsaturated/α-hetero) is 3. The SMILES string of the molecule is Cc1ccc(C(OC(=O)[C@H](COC(C)(C)C)CC(=O)[C@H](Cc2cn(C(c3ccccc3)(c3ccccc3)c3ccccc3)cn2)NC(=O)C(CC(=O)[C@H](CC(C)C)NC(=O)[C@@H](CC(=O)[C@H](CC(=O)NC(c2ccccc2)(c2ccccc2)c2ccccc2)NC(=O)[C@H](C)CC(=O)OCC2c3ccccc3-c3ccccc32)Cc2ccccc2)C(C)C)(c2ccccc2)c2ccccc2Cl)cc1. The number of ketones is 3. The van der Waals surface area contributed by atoms with Crippen LogP contribution in [0.1, 0.15) is 178 Å². The van der Waals surface area contributed by atoms with Gasteiger partial charge in [0, 0.05) is 77.3 Å². The van der Waals surface area contributed by atoms with Crippen LogP contribution in [0.15, 0.2) is 352 Å². The molecule has 1 aliphatic carbocycles. The summed E-state index contributed by atoms with van der Waals surface area (Å²) in [5, 5.41) is 12.8. The lowest BCUT2D eigenvalue weighted by atomic mass is 9.76. The van der Waals surface area contributed by atoms with E-state index in [0.717, 1.165) is 44.5 Å². The molecule has 0 saturated carbocycles. The van der Waals surface area contributed by atoms with Gasteiger partial charge in [0.05, 0.1) is 61.1 Å². The number of carbonyl (C=O) groups excluding carboxylic acids is 9. The Morgan fingerprint density at radius 2 is 0.868 bits per heavy atom. The predicted octanol–water partition coefficient (Wildman–Crippen LogP) is 20.6. The highest BCUT2D eigenvalue weighted by molar-refractivity contribution is 6.31. The molecule has 12 aromatic carbocycles. The number of nitrogens with one attached hydrogen (secondary N) is 4. The Balaban J connectivity index is 0.774. The van der Waals surface area contributed by atoms with Crippen molar-refractivity contribution in [1.29, 1.82) is 0 Å². The molecule has 13 aromatic rings. The molecule has 696 valence electrons. The molecule has 0 fully saturated rings. The van der Waals surface area contributed by atoms with Gasteiger partial charge >= 0.3 is 11.9 Å². The molecule has 4 N–H and O–H groups in total. The van der Waals surface area contributed by atoms with Crippen molar-refractivity contribution in [3.8, 4) is 11.1 Å². The van der Waals surface area contributed by atoms with E-state index in [1.807, 2.05) is 331 Å². The third kappa shape index (κ3) is 23.1. The topological polar surface area (TPSA) is 247 Å². The van der Waals surface area contributed by atoms with Gasteiger partial charge in [-0.05, 0) is 120 Å². The summed E-state index contributed by atoms with van der Waals surface area (Å²) in [6.07, 6.45) is 0.928. The van der Waals surface area contributed by atoms with Gasteiger partial charge in [0.1, 0.15) is 17.7 Å². The number of carbonyl (C=O) groups is 9. The van der Waals surface area contributed by atoms with Gasteiger partial charge in [-0.1, -0.05) is 385 Å². The van der Waals surface area contributed by atoms with Crippen molar-refractivity contribution in [2.24, 2.45) is 35.5 Å². The highest BCUT2D eigenvalue weighted by Crippen LogP contribution is 2.48. The summed E-state index contributed by atoms with van der Waals surface area (Å²) in [5.74, 6) is -11.8. The Hall–Kier alpha value is -14.1. The summed E-state index contributed by atoms with van der Waals surface area (Å²) in [4.78, 5) is 146. The number of halogens is 1. The maximum atomic E-state index is 16.3. The molecule has 1 aromatic heterocycles. The lowest BCUT2D eigenvalue weighted by Gasteiger charge is -2.37. The summed E-state index contributed by atoms with van der Waals surface area (Å²) in [6.45, 7) is 16.1. The molecule has 0 spiro atoms. The Kier molecular flexibility index (Phi) is 32.3. The quantitative estimate of drug-likeness (QED) is 0.0205. The lowest BCUT2D eigenvalue weighted by Crippen LogP contribution is -2.52. The van der Waals surface area contributed by atoms with Crippen LogP contribution in [0.3, 0.4) is 0 Å². The molecule has 14 rings (SSSR count). The molecule has 19 heteroatoms. The van der Waals surface area contributed by atoms with Crippen LogP contribution in [0.5, 0.6) is 0 Å². The molecule has 0 aliphatic heterocycles. The number of ether oxygens (including phenoxy) is 3. The van der Waals surface area contributed by atoms with Crippen LogP contribution < -0.4 is 21.3 Å². The van der Waals surface area contributed by atoms with Crippen LogP contribution in [0, 0.1) is 42.4 Å². The van der Waals surface area contributed by atoms with E-state index in [4.69, 9.17) is 30.8 Å². The van der Waals surface area contributed by atoms with Crippen LogP contribution in [0.2, 0.25) is 5.02 Å². The summed E-state index contributed by atoms with van der Waals surface area (Å²) in [6, 6.07) is 103. The standard InChI is InChI=1S/C117H119ClN6O12/c1-78(2)66-102(121-111(131)83(68-82-40-18-10-19-41-82)69-105(125)104(73-108(128)123-115(85-42-20-11-21-43-85,86-44-22-12-23-45-86)87-46-24-13-25-47-87)120-110(130)81(6)67-109(129)134-76-99-96-58-36-34-56-94(96)95-57-35-37-59-97(95)99)107(127)72-98(79(3)4)112(132)122-103(71-93-74-124(77-119-93)116(88-48-26-14-27-49-88,89-50-28-15-29-51-89)90-52-30-16-31-53-90)106(126)70-84(75-135-114(7,8)9)113(133)136-117(91-54-32-17-33-55-91,92-64-62-80(5)63-65-92)100-60-38-39-61-101(100)118/h10-65,74,77-79,81,83-84,98-99,102-104H,66-73,75-76H2,1-9H3,(H,120,130)(H,121,131)(H,122,132)(H,123,128)/t81-,83-,84+,98?,102+,103+,104+,117?/m1/s1. The van der Waals surface area contributed by atoms with E-state index in [2.05, 4.69) is 57.7 Å². The number of amides is 4. The second-order valence-electron chi connectivity index (χ2n) is 37.4. The van der Waals surface area contributed by atoms with E-state index in [9.17, 15) is 9.59 Å². The van der Waals surface area contributed by atoms with Gasteiger partial charge in [-0.3, -0.25) is 43.2 Å². The van der Waals surface area contributed by atoms with Gasteiger partial charge in [-0.25, -0.2) is 4.98 Å². The number of aryl methyl sites for hydroxylation is 1. The number of aromatic nitrogens is 2. The van der Waals surface area contributed by atoms with Gasteiger partial charge in [-0.15, -0.1) is 0 Å². The summed E-state index contributed by atoms with van der Waals surface area (Å²) in [7, 11) is 0. The molecule has 1 aliphatic rings. The summed E-state index contributed by atoms with van der Waals surface area (Å²) >= 11 is 7.24. The van der Waals surface area contributed by atoms with Gasteiger partial charge in [-0.2, -0.15) is 0 Å². The zero-order valence-electron chi connectivity index (χ0n) is 78.5. The number of imidazole rings is 1. The minimum absolute atomic E-state index is 0.00976. The van der Waals surface area contributed by atoms with Crippen LogP contribution in [-0.4, -0.2) is 99.4 Å². The monoisotopic (exact) mass is 1830 g/mol. The Bertz CT molecular complexity index is 6020. The molecule has 0 bridgehead atoms. The van der Waals surface area contributed by atoms with Crippen molar-refractivity contribution in [2.45, 2.75) is 160 Å². The molecule has 18 nitrogen and oxygen atoms in total. The number of rotatable bonds is 43. The molecule has 136 heavy (non-hydrogen) atoms. The first kappa shape index (κ1) is 97.9. The number of hydrogen-bond donors (Lipinski definition) is 4. The van der Waals surface area contributed by atoms with Crippen molar-refractivity contribution in [2.75, 3.05) is 13.2 Å². The van der Waals surface area contributed by atoms with Crippen LogP contribution >= 0.6 is 11.6 Å². The van der Waals surface area contributed by atoms with E-state index in [1.54, 1.807) is 51.4 Å². The lowest BCUT2D eigenvalue weighted by molar-refractivity contribution is -0.164. The first-order valence-electron chi connectivity index (χ1n) is 46.9. The second kappa shape index (κ2) is 44.9. The Morgan fingerprint density at radius 3 is 1.37 bits per heavy atom. The fraction of sp³-hybridized carbons (Fsp3) is 0.282. The zero-order chi connectivity index (χ0) is 96.1. The molecular weight excluding hydrogens is 1720 g/mol. The van der Waals surface area contributed by atoms with Crippen molar-refractivity contribution in [3.05, 3.63) is 435 Å². The van der Waals surface area contributed by atoms with E-state index < -0.39 is 149 Å². The van der Waals surface area contributed by atoms with Crippen molar-refractivity contribution in [1.82, 2.24) is 30.8 Å². The fourth-order valence-electron chi connectivity index (χ4n) is 18.8. The number of benzene rings is 12. The fourth-order valence-corrected chi connectivity index (χ4v) is 19.0. The molecule has 4 amide bonds. The maximum Gasteiger partial charge on any atom is 0.313 e. The normalized spacial score (nSPS) is 14.1. The predicted molar refractivity (Wildman–Crippen MR) is 531 cm³/mol. The van der Waals surface area contributed by atoms with Crippen LogP contribution in [-0.2, 0) is 86.9 Å². The van der Waals surface area contributed by atoms with E-state index in [-0.39, 0.29) is 50.7 Å². The highest BCUT2D eigenvalue weighted by Gasteiger charge is 2.47. The van der Waals surface area contributed by atoms with Gasteiger partial charge in [0.15, 0.2) is 23.0 Å². The largest absolute Gasteiger partial charge is 0.465 e. The third-order valence-electron chi connectivity index (χ3n) is 25.8. The average Bonchev–Trinajstić information content (AvgIpc) is 1.61. The Morgan fingerprint density at radius 1 is 0.434 bits per heavy atom. The van der Waals surface area contributed by atoms with Gasteiger partial charge < -0.3 is 40.0 Å². The third-order valence-corrected chi connectivity index (χ3v) is 26.1. The van der Waals surface area contributed by atoms with Crippen molar-refractivity contribution >= 4 is 64.5 Å². The zero-order valence-corrected chi connectivity index (χ0v) is 79.3. The number of hydrogen-bond acceptors (Lipinski definition) is 13. The first-order chi connectivity index (χ1) is 65.6. The van der Waals surface area contributed by atoms with Gasteiger partial charge in [0.2, 0.25) is 23.6 Å². The average molecular weight is 1840 g/mol. The Labute approximate surface area is 802 Å². The van der Waals surface area contributed by atoms with Crippen molar-refractivity contribution in [3.63, 3.8) is 0 Å². The first-order valence-corrected chi connectivity index (χ1v) is 47.3. The smallest absolute Gasteiger partial charge is 0.313 e. The van der Waals surface area contributed by atoms with E-state index in [0.29, 0.717) is 49.7 Å². The number of nitrogens with zero attached hydrogens (tertiary/aromatic N) is 2. The molecular formula is C117H119ClN6O12.